The van der Waals surface area contributed by atoms with Crippen LogP contribution in [0, 0.1) is 5.82 Å². The minimum absolute atomic E-state index is 0.0122. The number of hydrogen-bond acceptors (Lipinski definition) is 5. The molecule has 2 aromatic carbocycles. The number of carbonyl (C=O) groups is 2. The summed E-state index contributed by atoms with van der Waals surface area (Å²) in [4.78, 5) is 26.8. The number of esters is 1. The summed E-state index contributed by atoms with van der Waals surface area (Å²) in [5, 5.41) is 0. The SMILES string of the molecule is O=C1OCC2=C1C(c1ccc3c(c1)OCO3)CC(=O)N2c1ccc(F)cc1. The second kappa shape index (κ2) is 5.84. The van der Waals surface area contributed by atoms with Gasteiger partial charge < -0.3 is 14.2 Å². The summed E-state index contributed by atoms with van der Waals surface area (Å²) in [6.45, 7) is 0.162. The van der Waals surface area contributed by atoms with Crippen LogP contribution in [-0.4, -0.2) is 25.3 Å². The first-order chi connectivity index (χ1) is 13.1. The first kappa shape index (κ1) is 15.9. The molecule has 0 saturated heterocycles. The van der Waals surface area contributed by atoms with Crippen molar-refractivity contribution in [2.75, 3.05) is 18.3 Å². The minimum atomic E-state index is -0.438. The van der Waals surface area contributed by atoms with Crippen LogP contribution in [0.15, 0.2) is 53.7 Å². The maximum Gasteiger partial charge on any atom is 0.336 e. The van der Waals surface area contributed by atoms with Gasteiger partial charge in [0.1, 0.15) is 12.4 Å². The van der Waals surface area contributed by atoms with E-state index in [9.17, 15) is 14.0 Å². The summed E-state index contributed by atoms with van der Waals surface area (Å²) >= 11 is 0. The smallest absolute Gasteiger partial charge is 0.336 e. The van der Waals surface area contributed by atoms with Crippen molar-refractivity contribution in [1.82, 2.24) is 0 Å². The monoisotopic (exact) mass is 367 g/mol. The molecule has 0 fully saturated rings. The number of nitrogens with zero attached hydrogens (tertiary/aromatic N) is 1. The second-order valence-electron chi connectivity index (χ2n) is 6.51. The number of amides is 1. The van der Waals surface area contributed by atoms with Gasteiger partial charge in [0.15, 0.2) is 11.5 Å². The van der Waals surface area contributed by atoms with Gasteiger partial charge in [-0.1, -0.05) is 6.07 Å². The summed E-state index contributed by atoms with van der Waals surface area (Å²) < 4.78 is 29.2. The van der Waals surface area contributed by atoms with Gasteiger partial charge in [0.2, 0.25) is 12.7 Å². The van der Waals surface area contributed by atoms with Crippen molar-refractivity contribution in [3.63, 3.8) is 0 Å². The Bertz CT molecular complexity index is 998. The van der Waals surface area contributed by atoms with E-state index in [1.165, 1.54) is 29.2 Å². The van der Waals surface area contributed by atoms with Crippen LogP contribution in [0.3, 0.4) is 0 Å². The fourth-order valence-electron chi connectivity index (χ4n) is 3.76. The largest absolute Gasteiger partial charge is 0.456 e. The average molecular weight is 367 g/mol. The van der Waals surface area contributed by atoms with E-state index in [-0.39, 0.29) is 25.7 Å². The quantitative estimate of drug-likeness (QED) is 0.764. The fraction of sp³-hybridized carbons (Fsp3) is 0.200. The number of hydrogen-bond donors (Lipinski definition) is 0. The van der Waals surface area contributed by atoms with Gasteiger partial charge >= 0.3 is 5.97 Å². The molecular formula is C20H14FNO5. The van der Waals surface area contributed by atoms with Gasteiger partial charge in [-0.2, -0.15) is 0 Å². The van der Waals surface area contributed by atoms with Crippen LogP contribution in [0.25, 0.3) is 0 Å². The van der Waals surface area contributed by atoms with Gasteiger partial charge in [0.05, 0.1) is 11.3 Å². The molecule has 1 amide bonds. The Kier molecular flexibility index (Phi) is 3.43. The molecular weight excluding hydrogens is 353 g/mol. The third-order valence-electron chi connectivity index (χ3n) is 5.00. The van der Waals surface area contributed by atoms with Crippen LogP contribution >= 0.6 is 0 Å². The van der Waals surface area contributed by atoms with Gasteiger partial charge in [-0.05, 0) is 42.0 Å². The number of fused-ring (bicyclic) bond motifs is 1. The molecule has 3 aliphatic rings. The van der Waals surface area contributed by atoms with Crippen molar-refractivity contribution < 1.29 is 28.2 Å². The summed E-state index contributed by atoms with van der Waals surface area (Å²) in [6.07, 6.45) is 0.102. The highest BCUT2D eigenvalue weighted by atomic mass is 19.1. The highest BCUT2D eigenvalue weighted by Crippen LogP contribution is 2.44. The number of halogens is 1. The van der Waals surface area contributed by atoms with Crippen molar-refractivity contribution in [2.24, 2.45) is 0 Å². The van der Waals surface area contributed by atoms with Crippen molar-refractivity contribution in [1.29, 1.82) is 0 Å². The molecule has 0 radical (unpaired) electrons. The molecule has 0 bridgehead atoms. The predicted molar refractivity (Wildman–Crippen MR) is 91.8 cm³/mol. The fourth-order valence-corrected chi connectivity index (χ4v) is 3.76. The van der Waals surface area contributed by atoms with Gasteiger partial charge in [-0.25, -0.2) is 9.18 Å². The lowest BCUT2D eigenvalue weighted by Gasteiger charge is -2.31. The molecule has 7 heteroatoms. The zero-order valence-electron chi connectivity index (χ0n) is 14.1. The van der Waals surface area contributed by atoms with Gasteiger partial charge in [-0.15, -0.1) is 0 Å². The molecule has 3 aliphatic heterocycles. The van der Waals surface area contributed by atoms with E-state index >= 15 is 0 Å². The van der Waals surface area contributed by atoms with Gasteiger partial charge in [-0.3, -0.25) is 9.69 Å². The summed E-state index contributed by atoms with van der Waals surface area (Å²) in [6, 6.07) is 11.0. The van der Waals surface area contributed by atoms with Crippen LogP contribution in [0.1, 0.15) is 17.9 Å². The maximum atomic E-state index is 13.3. The lowest BCUT2D eigenvalue weighted by atomic mass is 9.84. The lowest BCUT2D eigenvalue weighted by molar-refractivity contribution is -0.136. The van der Waals surface area contributed by atoms with E-state index in [0.717, 1.165) is 5.56 Å². The Balaban J connectivity index is 1.60. The molecule has 0 aliphatic carbocycles. The highest BCUT2D eigenvalue weighted by molar-refractivity contribution is 6.06. The summed E-state index contributed by atoms with van der Waals surface area (Å²) in [7, 11) is 0. The molecule has 6 nitrogen and oxygen atoms in total. The van der Waals surface area contributed by atoms with E-state index in [2.05, 4.69) is 0 Å². The van der Waals surface area contributed by atoms with Crippen LogP contribution in [0.4, 0.5) is 10.1 Å². The Morgan fingerprint density at radius 3 is 2.56 bits per heavy atom. The average Bonchev–Trinajstić information content (AvgIpc) is 3.28. The predicted octanol–water partition coefficient (Wildman–Crippen LogP) is 2.89. The van der Waals surface area contributed by atoms with Crippen LogP contribution in [0.2, 0.25) is 0 Å². The highest BCUT2D eigenvalue weighted by Gasteiger charge is 2.43. The third-order valence-corrected chi connectivity index (χ3v) is 5.00. The van der Waals surface area contributed by atoms with E-state index in [4.69, 9.17) is 14.2 Å². The van der Waals surface area contributed by atoms with E-state index < -0.39 is 17.7 Å². The van der Waals surface area contributed by atoms with Crippen molar-refractivity contribution in [3.05, 3.63) is 65.1 Å². The lowest BCUT2D eigenvalue weighted by Crippen LogP contribution is -2.37. The second-order valence-corrected chi connectivity index (χ2v) is 6.51. The molecule has 27 heavy (non-hydrogen) atoms. The molecule has 0 spiro atoms. The standard InChI is InChI=1S/C20H14FNO5/c21-12-2-4-13(5-3-12)22-15-9-25-20(24)19(15)14(8-18(22)23)11-1-6-16-17(7-11)27-10-26-16/h1-7,14H,8-10H2. The van der Waals surface area contributed by atoms with Crippen molar-refractivity contribution in [3.8, 4) is 11.5 Å². The third kappa shape index (κ3) is 2.46. The molecule has 136 valence electrons. The minimum Gasteiger partial charge on any atom is -0.456 e. The zero-order valence-corrected chi connectivity index (χ0v) is 14.1. The maximum absolute atomic E-state index is 13.3. The summed E-state index contributed by atoms with van der Waals surface area (Å²) in [5.41, 5.74) is 2.26. The van der Waals surface area contributed by atoms with Crippen molar-refractivity contribution >= 4 is 17.6 Å². The molecule has 1 atom stereocenters. The number of anilines is 1. The van der Waals surface area contributed by atoms with E-state index in [1.807, 2.05) is 6.07 Å². The number of cyclic esters (lactones) is 1. The number of rotatable bonds is 2. The molecule has 5 rings (SSSR count). The topological polar surface area (TPSA) is 65.1 Å². The first-order valence-corrected chi connectivity index (χ1v) is 8.50. The molecule has 1 unspecified atom stereocenters. The molecule has 3 heterocycles. The molecule has 0 saturated carbocycles. The molecule has 0 aromatic heterocycles. The van der Waals surface area contributed by atoms with Crippen LogP contribution in [-0.2, 0) is 14.3 Å². The van der Waals surface area contributed by atoms with Crippen molar-refractivity contribution in [2.45, 2.75) is 12.3 Å². The van der Waals surface area contributed by atoms with Gasteiger partial charge in [0, 0.05) is 18.0 Å². The molecule has 2 aromatic rings. The van der Waals surface area contributed by atoms with Crippen LogP contribution < -0.4 is 14.4 Å². The molecule has 0 N–H and O–H groups in total. The number of ether oxygens (including phenoxy) is 3. The Morgan fingerprint density at radius 2 is 1.74 bits per heavy atom. The summed E-state index contributed by atoms with van der Waals surface area (Å²) in [5.74, 6) is -0.205. The number of benzene rings is 2. The van der Waals surface area contributed by atoms with Gasteiger partial charge in [0.25, 0.3) is 0 Å². The Labute approximate surface area is 153 Å². The number of carbonyl (C=O) groups excluding carboxylic acids is 2. The zero-order chi connectivity index (χ0) is 18.5. The Morgan fingerprint density at radius 1 is 0.963 bits per heavy atom. The van der Waals surface area contributed by atoms with E-state index in [1.54, 1.807) is 12.1 Å². The van der Waals surface area contributed by atoms with E-state index in [0.29, 0.717) is 28.5 Å². The first-order valence-electron chi connectivity index (χ1n) is 8.50. The normalized spacial score (nSPS) is 20.8. The van der Waals surface area contributed by atoms with Crippen LogP contribution in [0.5, 0.6) is 11.5 Å². The Hall–Kier alpha value is -3.35.